The zero-order chi connectivity index (χ0) is 13.6. The molecule has 0 atom stereocenters. The number of benzene rings is 2. The highest BCUT2D eigenvalue weighted by molar-refractivity contribution is 7.61. The van der Waals surface area contributed by atoms with E-state index in [9.17, 15) is 28.7 Å². The van der Waals surface area contributed by atoms with Crippen LogP contribution in [0, 0.1) is 0 Å². The summed E-state index contributed by atoms with van der Waals surface area (Å²) >= 11 is 0. The van der Waals surface area contributed by atoms with Gasteiger partial charge < -0.3 is 19.6 Å². The Morgan fingerprint density at radius 1 is 0.667 bits per heavy atom. The number of rotatable bonds is 2. The Labute approximate surface area is 102 Å². The first-order valence-electron chi connectivity index (χ1n) is 4.85. The highest BCUT2D eigenvalue weighted by atomic mass is 31.2. The molecule has 6 nitrogen and oxygen atoms in total. The fraction of sp³-hybridized carbons (Fsp3) is 0. The van der Waals surface area contributed by atoms with Crippen molar-refractivity contribution in [2.45, 2.75) is 0 Å². The quantitative estimate of drug-likeness (QED) is 0.596. The van der Waals surface area contributed by atoms with Crippen molar-refractivity contribution in [3.05, 3.63) is 36.4 Å². The van der Waals surface area contributed by atoms with Gasteiger partial charge in [0.25, 0.3) is 0 Å². The molecule has 18 heavy (non-hydrogen) atoms. The molecule has 8 heteroatoms. The largest absolute Gasteiger partial charge is 0.356 e. The second-order valence-corrected chi connectivity index (χ2v) is 6.88. The molecule has 0 amide bonds. The van der Waals surface area contributed by atoms with E-state index >= 15 is 0 Å². The Balaban J connectivity index is 2.91. The molecule has 96 valence electrons. The van der Waals surface area contributed by atoms with Gasteiger partial charge in [0.15, 0.2) is 0 Å². The topological polar surface area (TPSA) is 115 Å². The summed E-state index contributed by atoms with van der Waals surface area (Å²) in [5.41, 5.74) is 0. The van der Waals surface area contributed by atoms with Crippen LogP contribution in [0.4, 0.5) is 0 Å². The Morgan fingerprint density at radius 2 is 1.00 bits per heavy atom. The van der Waals surface area contributed by atoms with Crippen LogP contribution in [-0.4, -0.2) is 19.6 Å². The van der Waals surface area contributed by atoms with Crippen molar-refractivity contribution in [1.29, 1.82) is 0 Å². The second-order valence-electron chi connectivity index (χ2n) is 3.74. The normalized spacial score (nSPS) is 12.9. The lowest BCUT2D eigenvalue weighted by atomic mass is 10.1. The minimum absolute atomic E-state index is 0.145. The van der Waals surface area contributed by atoms with Gasteiger partial charge in [-0.05, 0) is 22.9 Å². The molecule has 0 spiro atoms. The summed E-state index contributed by atoms with van der Waals surface area (Å²) in [4.78, 5) is 36.8. The fourth-order valence-electron chi connectivity index (χ4n) is 1.78. The molecule has 2 rings (SSSR count). The maximum Gasteiger partial charge on any atom is 0.356 e. The van der Waals surface area contributed by atoms with E-state index in [-0.39, 0.29) is 21.4 Å². The molecule has 0 heterocycles. The molecule has 2 aromatic rings. The Hall–Kier alpha value is -1.00. The first-order chi connectivity index (χ1) is 8.21. The van der Waals surface area contributed by atoms with Crippen molar-refractivity contribution in [1.82, 2.24) is 0 Å². The summed E-state index contributed by atoms with van der Waals surface area (Å²) in [5.74, 6) is 0. The number of fused-ring (bicyclic) bond motifs is 1. The maximum atomic E-state index is 11.3. The summed E-state index contributed by atoms with van der Waals surface area (Å²) in [6, 6.07) is 8.04. The van der Waals surface area contributed by atoms with Gasteiger partial charge in [0, 0.05) is 0 Å². The minimum atomic E-state index is -4.49. The predicted octanol–water partition coefficient (Wildman–Crippen LogP) is 0.446. The van der Waals surface area contributed by atoms with Gasteiger partial charge in [-0.15, -0.1) is 0 Å². The first-order valence-corrected chi connectivity index (χ1v) is 8.08. The fourth-order valence-corrected chi connectivity index (χ4v) is 3.36. The van der Waals surface area contributed by atoms with Crippen LogP contribution in [-0.2, 0) is 9.13 Å². The average Bonchev–Trinajstić information content (AvgIpc) is 2.24. The van der Waals surface area contributed by atoms with Gasteiger partial charge in [-0.3, -0.25) is 9.13 Å². The van der Waals surface area contributed by atoms with E-state index in [2.05, 4.69) is 0 Å². The summed E-state index contributed by atoms with van der Waals surface area (Å²) < 4.78 is 22.6. The van der Waals surface area contributed by atoms with Crippen LogP contribution in [0.1, 0.15) is 0 Å². The van der Waals surface area contributed by atoms with Crippen molar-refractivity contribution in [2.75, 3.05) is 0 Å². The lowest BCUT2D eigenvalue weighted by molar-refractivity contribution is 0.385. The van der Waals surface area contributed by atoms with Gasteiger partial charge in [0.05, 0.1) is 10.6 Å². The zero-order valence-electron chi connectivity index (χ0n) is 8.96. The van der Waals surface area contributed by atoms with Crippen LogP contribution in [0.5, 0.6) is 0 Å². The van der Waals surface area contributed by atoms with E-state index < -0.39 is 15.2 Å². The van der Waals surface area contributed by atoms with Crippen LogP contribution < -0.4 is 10.6 Å². The van der Waals surface area contributed by atoms with Crippen LogP contribution in [0.25, 0.3) is 10.8 Å². The van der Waals surface area contributed by atoms with Crippen LogP contribution in [0.15, 0.2) is 36.4 Å². The molecule has 0 aromatic heterocycles. The molecule has 0 aliphatic carbocycles. The third-order valence-corrected chi connectivity index (χ3v) is 4.54. The lowest BCUT2D eigenvalue weighted by Gasteiger charge is -2.12. The minimum Gasteiger partial charge on any atom is -0.321 e. The number of hydrogen-bond acceptors (Lipinski definition) is 2. The van der Waals surface area contributed by atoms with Gasteiger partial charge in [-0.25, -0.2) is 0 Å². The van der Waals surface area contributed by atoms with Crippen molar-refractivity contribution in [2.24, 2.45) is 0 Å². The third kappa shape index (κ3) is 2.40. The second kappa shape index (κ2) is 4.28. The van der Waals surface area contributed by atoms with Crippen molar-refractivity contribution < 1.29 is 28.7 Å². The number of hydrogen-bond donors (Lipinski definition) is 4. The summed E-state index contributed by atoms with van der Waals surface area (Å²) in [7, 11) is -8.98. The Kier molecular flexibility index (Phi) is 3.19. The molecular formula is C10H10O6P2. The van der Waals surface area contributed by atoms with E-state index in [0.717, 1.165) is 0 Å². The van der Waals surface area contributed by atoms with Crippen molar-refractivity contribution in [3.8, 4) is 0 Å². The van der Waals surface area contributed by atoms with E-state index in [0.29, 0.717) is 0 Å². The van der Waals surface area contributed by atoms with Crippen LogP contribution in [0.3, 0.4) is 0 Å². The summed E-state index contributed by atoms with van der Waals surface area (Å²) in [6.45, 7) is 0. The summed E-state index contributed by atoms with van der Waals surface area (Å²) in [5, 5.41) is -0.191. The maximum absolute atomic E-state index is 11.3. The standard InChI is InChI=1S/C10H10O6P2/c11-17(12,13)9-5-1-3-7-8(9)4-2-6-10(7)18(14,15)16/h1-6H,(H2,11,12,13)(H2,14,15,16). The molecule has 0 saturated carbocycles. The SMILES string of the molecule is O=P(O)(O)c1cccc2c(P(=O)(O)O)cccc12. The van der Waals surface area contributed by atoms with E-state index in [4.69, 9.17) is 0 Å². The zero-order valence-corrected chi connectivity index (χ0v) is 10.8. The van der Waals surface area contributed by atoms with Gasteiger partial charge in [-0.1, -0.05) is 24.3 Å². The monoisotopic (exact) mass is 288 g/mol. The van der Waals surface area contributed by atoms with Gasteiger partial charge >= 0.3 is 15.2 Å². The van der Waals surface area contributed by atoms with Crippen molar-refractivity contribution in [3.63, 3.8) is 0 Å². The van der Waals surface area contributed by atoms with E-state index in [1.165, 1.54) is 36.4 Å². The van der Waals surface area contributed by atoms with Crippen molar-refractivity contribution >= 4 is 36.6 Å². The Morgan fingerprint density at radius 3 is 1.28 bits per heavy atom. The highest BCUT2D eigenvalue weighted by Gasteiger charge is 2.24. The van der Waals surface area contributed by atoms with Gasteiger partial charge in [0.2, 0.25) is 0 Å². The molecule has 0 unspecified atom stereocenters. The van der Waals surface area contributed by atoms with Gasteiger partial charge in [-0.2, -0.15) is 0 Å². The molecule has 0 fully saturated rings. The Bertz CT molecular complexity index is 637. The molecule has 0 radical (unpaired) electrons. The molecule has 0 bridgehead atoms. The molecule has 0 aliphatic rings. The average molecular weight is 288 g/mol. The predicted molar refractivity (Wildman–Crippen MR) is 67.3 cm³/mol. The molecule has 0 aliphatic heterocycles. The lowest BCUT2D eigenvalue weighted by Crippen LogP contribution is -2.11. The van der Waals surface area contributed by atoms with Crippen LogP contribution >= 0.6 is 15.2 Å². The third-order valence-electron chi connectivity index (χ3n) is 2.50. The van der Waals surface area contributed by atoms with Gasteiger partial charge in [0.1, 0.15) is 0 Å². The smallest absolute Gasteiger partial charge is 0.321 e. The highest BCUT2D eigenvalue weighted by Crippen LogP contribution is 2.39. The van der Waals surface area contributed by atoms with Crippen LogP contribution in [0.2, 0.25) is 0 Å². The summed E-state index contributed by atoms with van der Waals surface area (Å²) in [6.07, 6.45) is 0. The van der Waals surface area contributed by atoms with E-state index in [1.54, 1.807) is 0 Å². The molecule has 2 aromatic carbocycles. The first kappa shape index (κ1) is 13.4. The molecule has 4 N–H and O–H groups in total. The van der Waals surface area contributed by atoms with E-state index in [1.807, 2.05) is 0 Å². The molecule has 0 saturated heterocycles. The molecular weight excluding hydrogens is 278 g/mol.